The van der Waals surface area contributed by atoms with Gasteiger partial charge in [0.25, 0.3) is 5.56 Å². The van der Waals surface area contributed by atoms with Crippen LogP contribution in [0.15, 0.2) is 40.5 Å². The third kappa shape index (κ3) is 2.83. The van der Waals surface area contributed by atoms with Crippen LogP contribution in [-0.2, 0) is 20.2 Å². The van der Waals surface area contributed by atoms with Crippen molar-refractivity contribution in [3.63, 3.8) is 0 Å². The molecule has 0 aromatic carbocycles. The third-order valence-corrected chi connectivity index (χ3v) is 3.69. The zero-order chi connectivity index (χ0) is 13.0. The number of thioether (sulfide) groups is 1. The molecule has 18 heavy (non-hydrogen) atoms. The molecule has 0 bridgehead atoms. The predicted octanol–water partition coefficient (Wildman–Crippen LogP) is 0.866. The van der Waals surface area contributed by atoms with E-state index in [0.29, 0.717) is 6.54 Å². The highest BCUT2D eigenvalue weighted by Gasteiger charge is 2.05. The van der Waals surface area contributed by atoms with Crippen molar-refractivity contribution in [1.29, 1.82) is 0 Å². The SMILES string of the molecule is Cn1c(CO)cnc1SCCn1ccccc1=O. The van der Waals surface area contributed by atoms with Gasteiger partial charge >= 0.3 is 0 Å². The zero-order valence-corrected chi connectivity index (χ0v) is 10.9. The van der Waals surface area contributed by atoms with Crippen LogP contribution in [-0.4, -0.2) is 25.0 Å². The number of rotatable bonds is 5. The monoisotopic (exact) mass is 265 g/mol. The van der Waals surface area contributed by atoms with Crippen molar-refractivity contribution in [2.45, 2.75) is 18.3 Å². The number of hydrogen-bond acceptors (Lipinski definition) is 4. The minimum Gasteiger partial charge on any atom is -0.390 e. The number of aryl methyl sites for hydroxylation is 1. The minimum absolute atomic E-state index is 0.00832. The lowest BCUT2D eigenvalue weighted by Crippen LogP contribution is -2.18. The van der Waals surface area contributed by atoms with Crippen LogP contribution < -0.4 is 5.56 Å². The first kappa shape index (κ1) is 12.9. The lowest BCUT2D eigenvalue weighted by Gasteiger charge is -2.05. The maximum atomic E-state index is 11.5. The van der Waals surface area contributed by atoms with Gasteiger partial charge in [0.15, 0.2) is 5.16 Å². The molecule has 2 rings (SSSR count). The minimum atomic E-state index is -0.0117. The van der Waals surface area contributed by atoms with Gasteiger partial charge in [-0.3, -0.25) is 4.79 Å². The fourth-order valence-corrected chi connectivity index (χ4v) is 2.50. The molecule has 0 fully saturated rings. The Morgan fingerprint density at radius 2 is 2.28 bits per heavy atom. The highest BCUT2D eigenvalue weighted by molar-refractivity contribution is 7.99. The van der Waals surface area contributed by atoms with Gasteiger partial charge in [-0.1, -0.05) is 17.8 Å². The van der Waals surface area contributed by atoms with Crippen LogP contribution in [0.2, 0.25) is 0 Å². The fourth-order valence-electron chi connectivity index (χ4n) is 1.59. The molecule has 0 saturated heterocycles. The molecule has 0 radical (unpaired) electrons. The summed E-state index contributed by atoms with van der Waals surface area (Å²) in [6.45, 7) is 0.633. The molecule has 0 saturated carbocycles. The molecule has 0 atom stereocenters. The van der Waals surface area contributed by atoms with Gasteiger partial charge in [0.1, 0.15) is 0 Å². The molecule has 0 aliphatic carbocycles. The van der Waals surface area contributed by atoms with Gasteiger partial charge in [-0.15, -0.1) is 0 Å². The van der Waals surface area contributed by atoms with E-state index in [-0.39, 0.29) is 12.2 Å². The maximum absolute atomic E-state index is 11.5. The molecular formula is C12H15N3O2S. The molecule has 0 aliphatic heterocycles. The molecule has 0 spiro atoms. The summed E-state index contributed by atoms with van der Waals surface area (Å²) < 4.78 is 3.53. The smallest absolute Gasteiger partial charge is 0.250 e. The normalized spacial score (nSPS) is 10.8. The van der Waals surface area contributed by atoms with Gasteiger partial charge in [-0.25, -0.2) is 4.98 Å². The second-order valence-corrected chi connectivity index (χ2v) is 4.89. The van der Waals surface area contributed by atoms with Gasteiger partial charge < -0.3 is 14.2 Å². The first-order valence-electron chi connectivity index (χ1n) is 5.62. The van der Waals surface area contributed by atoms with Gasteiger partial charge in [-0.05, 0) is 6.07 Å². The Morgan fingerprint density at radius 1 is 1.44 bits per heavy atom. The van der Waals surface area contributed by atoms with E-state index in [9.17, 15) is 4.79 Å². The summed E-state index contributed by atoms with van der Waals surface area (Å²) in [7, 11) is 1.87. The van der Waals surface area contributed by atoms with Gasteiger partial charge in [0.05, 0.1) is 18.5 Å². The van der Waals surface area contributed by atoms with Crippen molar-refractivity contribution in [2.24, 2.45) is 7.05 Å². The Hall–Kier alpha value is -1.53. The Morgan fingerprint density at radius 3 is 2.94 bits per heavy atom. The number of aliphatic hydroxyl groups is 1. The number of imidazole rings is 1. The number of aliphatic hydroxyl groups excluding tert-OH is 1. The fraction of sp³-hybridized carbons (Fsp3) is 0.333. The van der Waals surface area contributed by atoms with Crippen LogP contribution in [0.3, 0.4) is 0 Å². The van der Waals surface area contributed by atoms with Gasteiger partial charge in [0, 0.05) is 31.6 Å². The quantitative estimate of drug-likeness (QED) is 0.815. The molecule has 6 heteroatoms. The maximum Gasteiger partial charge on any atom is 0.250 e. The second-order valence-electron chi connectivity index (χ2n) is 3.83. The van der Waals surface area contributed by atoms with E-state index in [0.717, 1.165) is 16.6 Å². The molecule has 2 aromatic heterocycles. The summed E-state index contributed by atoms with van der Waals surface area (Å²) in [5.74, 6) is 0.764. The molecule has 0 aliphatic rings. The van der Waals surface area contributed by atoms with Crippen LogP contribution in [0.4, 0.5) is 0 Å². The van der Waals surface area contributed by atoms with E-state index in [1.807, 2.05) is 17.7 Å². The Kier molecular flexibility index (Phi) is 4.22. The van der Waals surface area contributed by atoms with Crippen molar-refractivity contribution in [1.82, 2.24) is 14.1 Å². The number of aromatic nitrogens is 3. The van der Waals surface area contributed by atoms with Crippen LogP contribution in [0.1, 0.15) is 5.69 Å². The van der Waals surface area contributed by atoms with Crippen LogP contribution in [0, 0.1) is 0 Å². The highest BCUT2D eigenvalue weighted by Crippen LogP contribution is 2.17. The molecule has 0 amide bonds. The van der Waals surface area contributed by atoms with E-state index in [2.05, 4.69) is 4.98 Å². The Bertz CT molecular complexity index is 577. The van der Waals surface area contributed by atoms with Crippen molar-refractivity contribution >= 4 is 11.8 Å². The van der Waals surface area contributed by atoms with Crippen molar-refractivity contribution in [2.75, 3.05) is 5.75 Å². The zero-order valence-electron chi connectivity index (χ0n) is 10.1. The first-order chi connectivity index (χ1) is 8.72. The summed E-state index contributed by atoms with van der Waals surface area (Å²) in [6.07, 6.45) is 3.44. The molecule has 0 unspecified atom stereocenters. The summed E-state index contributed by atoms with van der Waals surface area (Å²) >= 11 is 1.57. The summed E-state index contributed by atoms with van der Waals surface area (Å²) in [5.41, 5.74) is 0.795. The predicted molar refractivity (Wildman–Crippen MR) is 70.6 cm³/mol. The lowest BCUT2D eigenvalue weighted by molar-refractivity contribution is 0.271. The Balaban J connectivity index is 1.95. The van der Waals surface area contributed by atoms with Gasteiger partial charge in [-0.2, -0.15) is 0 Å². The molecule has 2 aromatic rings. The third-order valence-electron chi connectivity index (χ3n) is 2.67. The van der Waals surface area contributed by atoms with Crippen LogP contribution in [0.5, 0.6) is 0 Å². The van der Waals surface area contributed by atoms with Gasteiger partial charge in [0.2, 0.25) is 0 Å². The topological polar surface area (TPSA) is 60.0 Å². The van der Waals surface area contributed by atoms with E-state index < -0.39 is 0 Å². The molecule has 1 N–H and O–H groups in total. The molecule has 2 heterocycles. The number of hydrogen-bond donors (Lipinski definition) is 1. The van der Waals surface area contributed by atoms with Crippen molar-refractivity contribution in [3.8, 4) is 0 Å². The van der Waals surface area contributed by atoms with E-state index in [4.69, 9.17) is 5.11 Å². The van der Waals surface area contributed by atoms with E-state index >= 15 is 0 Å². The standard InChI is InChI=1S/C12H15N3O2S/c1-14-10(9-16)8-13-12(14)18-7-6-15-5-3-2-4-11(15)17/h2-5,8,16H,6-7,9H2,1H3. The van der Waals surface area contributed by atoms with Crippen molar-refractivity contribution < 1.29 is 5.11 Å². The Labute approximate surface area is 109 Å². The largest absolute Gasteiger partial charge is 0.390 e. The summed E-state index contributed by atoms with van der Waals surface area (Å²) in [4.78, 5) is 15.7. The van der Waals surface area contributed by atoms with Crippen molar-refractivity contribution in [3.05, 3.63) is 46.6 Å². The molecule has 5 nitrogen and oxygen atoms in total. The van der Waals surface area contributed by atoms with E-state index in [1.54, 1.807) is 40.9 Å². The van der Waals surface area contributed by atoms with Crippen LogP contribution >= 0.6 is 11.8 Å². The second kappa shape index (κ2) is 5.88. The lowest BCUT2D eigenvalue weighted by atomic mass is 10.5. The first-order valence-corrected chi connectivity index (χ1v) is 6.60. The van der Waals surface area contributed by atoms with E-state index in [1.165, 1.54) is 0 Å². The summed E-state index contributed by atoms with van der Waals surface area (Å²) in [5, 5.41) is 9.91. The van der Waals surface area contributed by atoms with Crippen LogP contribution in [0.25, 0.3) is 0 Å². The summed E-state index contributed by atoms with van der Waals surface area (Å²) in [6, 6.07) is 5.13. The number of nitrogens with zero attached hydrogens (tertiary/aromatic N) is 3. The highest BCUT2D eigenvalue weighted by atomic mass is 32.2. The number of pyridine rings is 1. The average Bonchev–Trinajstić information content (AvgIpc) is 2.73. The average molecular weight is 265 g/mol. The molecular weight excluding hydrogens is 250 g/mol. The molecule has 96 valence electrons.